The molecule has 0 aliphatic heterocycles. The molecule has 0 aliphatic carbocycles. The van der Waals surface area contributed by atoms with Gasteiger partial charge >= 0.3 is 6.09 Å². The van der Waals surface area contributed by atoms with E-state index in [-0.39, 0.29) is 18.9 Å². The van der Waals surface area contributed by atoms with Crippen molar-refractivity contribution >= 4 is 17.7 Å². The van der Waals surface area contributed by atoms with Crippen LogP contribution >= 0.6 is 0 Å². The minimum Gasteiger partial charge on any atom is -0.453 e. The highest BCUT2D eigenvalue weighted by Crippen LogP contribution is 2.10. The van der Waals surface area contributed by atoms with E-state index in [1.807, 2.05) is 60.7 Å². The third kappa shape index (κ3) is 5.24. The minimum absolute atomic E-state index is 0.107. The molecule has 0 aliphatic rings. The fourth-order valence-electron chi connectivity index (χ4n) is 2.01. The summed E-state index contributed by atoms with van der Waals surface area (Å²) in [7, 11) is 1.27. The van der Waals surface area contributed by atoms with Crippen LogP contribution in [0, 0.1) is 0 Å². The molecule has 0 radical (unpaired) electrons. The van der Waals surface area contributed by atoms with Gasteiger partial charge in [-0.2, -0.15) is 5.10 Å². The van der Waals surface area contributed by atoms with Crippen molar-refractivity contribution in [2.75, 3.05) is 13.7 Å². The Morgan fingerprint density at radius 2 is 1.50 bits per heavy atom. The molecule has 0 heterocycles. The Labute approximate surface area is 140 Å². The van der Waals surface area contributed by atoms with Gasteiger partial charge in [-0.1, -0.05) is 60.7 Å². The van der Waals surface area contributed by atoms with Gasteiger partial charge < -0.3 is 10.1 Å². The first-order valence-electron chi connectivity index (χ1n) is 7.50. The van der Waals surface area contributed by atoms with Gasteiger partial charge in [0, 0.05) is 24.1 Å². The van der Waals surface area contributed by atoms with Crippen LogP contribution in [0.5, 0.6) is 0 Å². The molecular formula is C18H19N3O3. The molecule has 0 bridgehead atoms. The van der Waals surface area contributed by atoms with Crippen molar-refractivity contribution < 1.29 is 14.3 Å². The Balaban J connectivity index is 2.06. The summed E-state index contributed by atoms with van der Waals surface area (Å²) in [5.41, 5.74) is 5.00. The Hall–Kier alpha value is -3.15. The molecule has 0 spiro atoms. The van der Waals surface area contributed by atoms with E-state index in [9.17, 15) is 9.59 Å². The fraction of sp³-hybridized carbons (Fsp3) is 0.167. The van der Waals surface area contributed by atoms with Crippen LogP contribution in [0.1, 0.15) is 17.5 Å². The average Bonchev–Trinajstić information content (AvgIpc) is 2.63. The molecule has 6 heteroatoms. The van der Waals surface area contributed by atoms with Crippen molar-refractivity contribution in [1.29, 1.82) is 0 Å². The maximum Gasteiger partial charge on any atom is 0.406 e. The first-order valence-corrected chi connectivity index (χ1v) is 7.50. The molecule has 0 saturated carbocycles. The van der Waals surface area contributed by atoms with Gasteiger partial charge in [0.1, 0.15) is 0 Å². The van der Waals surface area contributed by atoms with Crippen LogP contribution in [0.15, 0.2) is 65.8 Å². The highest BCUT2D eigenvalue weighted by molar-refractivity contribution is 6.13. The lowest BCUT2D eigenvalue weighted by Gasteiger charge is -2.08. The normalized spacial score (nSPS) is 9.71. The quantitative estimate of drug-likeness (QED) is 0.632. The summed E-state index contributed by atoms with van der Waals surface area (Å²) in [5, 5.41) is 6.70. The van der Waals surface area contributed by atoms with E-state index in [0.717, 1.165) is 11.1 Å². The van der Waals surface area contributed by atoms with Gasteiger partial charge in [-0.05, 0) is 0 Å². The minimum atomic E-state index is -0.569. The number of hydrogen-bond acceptors (Lipinski definition) is 4. The van der Waals surface area contributed by atoms with Gasteiger partial charge in [0.05, 0.1) is 12.8 Å². The Morgan fingerprint density at radius 3 is 2.00 bits per heavy atom. The van der Waals surface area contributed by atoms with Crippen LogP contribution in [-0.4, -0.2) is 31.4 Å². The number of benzene rings is 2. The zero-order valence-electron chi connectivity index (χ0n) is 13.4. The van der Waals surface area contributed by atoms with Crippen molar-refractivity contribution in [1.82, 2.24) is 10.7 Å². The fourth-order valence-corrected chi connectivity index (χ4v) is 2.01. The van der Waals surface area contributed by atoms with Crippen LogP contribution < -0.4 is 10.7 Å². The second-order valence-electron chi connectivity index (χ2n) is 4.90. The largest absolute Gasteiger partial charge is 0.453 e. The van der Waals surface area contributed by atoms with E-state index in [2.05, 4.69) is 20.6 Å². The number of carbonyl (C=O) groups excluding carboxylic acids is 2. The van der Waals surface area contributed by atoms with Crippen LogP contribution in [0.3, 0.4) is 0 Å². The van der Waals surface area contributed by atoms with Gasteiger partial charge in [-0.15, -0.1) is 0 Å². The number of methoxy groups -OCH3 is 1. The molecule has 2 amide bonds. The van der Waals surface area contributed by atoms with E-state index in [1.54, 1.807) is 0 Å². The van der Waals surface area contributed by atoms with Crippen molar-refractivity contribution in [2.45, 2.75) is 6.42 Å². The number of alkyl carbamates (subject to hydrolysis) is 1. The van der Waals surface area contributed by atoms with E-state index >= 15 is 0 Å². The average molecular weight is 325 g/mol. The van der Waals surface area contributed by atoms with Crippen molar-refractivity contribution in [3.8, 4) is 0 Å². The lowest BCUT2D eigenvalue weighted by molar-refractivity contribution is -0.120. The number of hydrogen-bond donors (Lipinski definition) is 2. The monoisotopic (exact) mass is 325 g/mol. The molecule has 0 atom stereocenters. The summed E-state index contributed by atoms with van der Waals surface area (Å²) < 4.78 is 4.44. The molecular weight excluding hydrogens is 306 g/mol. The van der Waals surface area contributed by atoms with Crippen molar-refractivity contribution in [3.63, 3.8) is 0 Å². The maximum absolute atomic E-state index is 11.9. The van der Waals surface area contributed by atoms with E-state index < -0.39 is 6.09 Å². The van der Waals surface area contributed by atoms with Gasteiger partial charge in [0.15, 0.2) is 0 Å². The van der Waals surface area contributed by atoms with E-state index in [4.69, 9.17) is 0 Å². The van der Waals surface area contributed by atoms with Crippen molar-refractivity contribution in [2.24, 2.45) is 5.10 Å². The number of nitrogens with zero attached hydrogens (tertiary/aromatic N) is 1. The molecule has 0 saturated heterocycles. The highest BCUT2D eigenvalue weighted by Gasteiger charge is 2.08. The summed E-state index contributed by atoms with van der Waals surface area (Å²) >= 11 is 0. The number of amides is 2. The third-order valence-electron chi connectivity index (χ3n) is 3.19. The number of hydrazone groups is 1. The lowest BCUT2D eigenvalue weighted by Crippen LogP contribution is -2.29. The van der Waals surface area contributed by atoms with E-state index in [0.29, 0.717) is 5.71 Å². The summed E-state index contributed by atoms with van der Waals surface area (Å²) in [5.74, 6) is -0.296. The number of ether oxygens (including phenoxy) is 1. The molecule has 0 fully saturated rings. The first-order chi connectivity index (χ1) is 11.7. The lowest BCUT2D eigenvalue weighted by atomic mass is 10.0. The molecule has 2 rings (SSSR count). The smallest absolute Gasteiger partial charge is 0.406 e. The zero-order chi connectivity index (χ0) is 17.2. The van der Waals surface area contributed by atoms with Crippen molar-refractivity contribution in [3.05, 3.63) is 71.8 Å². The third-order valence-corrected chi connectivity index (χ3v) is 3.19. The standard InChI is InChI=1S/C18H19N3O3/c1-24-18(23)19-13-12-16(22)20-21-17(14-8-4-2-5-9-14)15-10-6-3-7-11-15/h2-11H,12-13H2,1H3,(H,19,23)(H,20,22). The van der Waals surface area contributed by atoms with Crippen LogP contribution in [-0.2, 0) is 9.53 Å². The summed E-state index contributed by atoms with van der Waals surface area (Å²) in [6.07, 6.45) is -0.462. The second kappa shape index (κ2) is 9.09. The predicted octanol–water partition coefficient (Wildman–Crippen LogP) is 2.30. The molecule has 24 heavy (non-hydrogen) atoms. The number of nitrogens with one attached hydrogen (secondary N) is 2. The number of rotatable bonds is 6. The van der Waals surface area contributed by atoms with Crippen LogP contribution in [0.2, 0.25) is 0 Å². The molecule has 0 aromatic heterocycles. The van der Waals surface area contributed by atoms with Gasteiger partial charge in [-0.3, -0.25) is 4.79 Å². The molecule has 2 aromatic rings. The Morgan fingerprint density at radius 1 is 0.958 bits per heavy atom. The maximum atomic E-state index is 11.9. The summed E-state index contributed by atoms with van der Waals surface area (Å²) in [6.45, 7) is 0.181. The molecule has 2 N–H and O–H groups in total. The Bertz CT molecular complexity index is 658. The van der Waals surface area contributed by atoms with Gasteiger partial charge in [0.25, 0.3) is 0 Å². The van der Waals surface area contributed by atoms with Crippen LogP contribution in [0.25, 0.3) is 0 Å². The topological polar surface area (TPSA) is 79.8 Å². The second-order valence-corrected chi connectivity index (χ2v) is 4.90. The van der Waals surface area contributed by atoms with Gasteiger partial charge in [0.2, 0.25) is 5.91 Å². The van der Waals surface area contributed by atoms with Gasteiger partial charge in [-0.25, -0.2) is 10.2 Å². The SMILES string of the molecule is COC(=O)NCCC(=O)NN=C(c1ccccc1)c1ccccc1. The number of carbonyl (C=O) groups is 2. The molecule has 124 valence electrons. The highest BCUT2D eigenvalue weighted by atomic mass is 16.5. The predicted molar refractivity (Wildman–Crippen MR) is 91.7 cm³/mol. The molecule has 6 nitrogen and oxygen atoms in total. The van der Waals surface area contributed by atoms with Crippen LogP contribution in [0.4, 0.5) is 4.79 Å². The summed E-state index contributed by atoms with van der Waals surface area (Å²) in [4.78, 5) is 22.8. The molecule has 0 unspecified atom stereocenters. The molecule has 2 aromatic carbocycles. The summed E-state index contributed by atoms with van der Waals surface area (Å²) in [6, 6.07) is 19.2. The zero-order valence-corrected chi connectivity index (χ0v) is 13.4. The first kappa shape index (κ1) is 17.2. The van der Waals surface area contributed by atoms with E-state index in [1.165, 1.54) is 7.11 Å². The Kier molecular flexibility index (Phi) is 6.52.